The lowest BCUT2D eigenvalue weighted by molar-refractivity contribution is 0.0651. The minimum absolute atomic E-state index is 0.0586. The summed E-state index contributed by atoms with van der Waals surface area (Å²) in [5.74, 6) is -0.124. The van der Waals surface area contributed by atoms with Crippen molar-refractivity contribution in [3.05, 3.63) is 33.0 Å². The molecule has 0 aliphatic carbocycles. The highest BCUT2D eigenvalue weighted by Crippen LogP contribution is 2.49. The fourth-order valence-corrected chi connectivity index (χ4v) is 18.0. The maximum absolute atomic E-state index is 13.8. The van der Waals surface area contributed by atoms with Crippen LogP contribution >= 0.6 is 34.0 Å². The summed E-state index contributed by atoms with van der Waals surface area (Å²) < 4.78 is 0. The van der Waals surface area contributed by atoms with E-state index in [4.69, 9.17) is 0 Å². The molecule has 0 bridgehead atoms. The molecule has 5 heterocycles. The Hall–Kier alpha value is -1.54. The molecule has 0 radical (unpaired) electrons. The van der Waals surface area contributed by atoms with Crippen molar-refractivity contribution in [1.82, 2.24) is 4.90 Å². The molecular weight excluding hydrogens is 603 g/mol. The van der Waals surface area contributed by atoms with Gasteiger partial charge in [-0.15, -0.1) is 34.0 Å². The predicted molar refractivity (Wildman–Crippen MR) is 192 cm³/mol. The summed E-state index contributed by atoms with van der Waals surface area (Å²) in [6.45, 7) is 11.7. The summed E-state index contributed by atoms with van der Waals surface area (Å²) in [6, 6.07) is 7.74. The number of hydrogen-bond donors (Lipinski definition) is 0. The first kappa shape index (κ1) is 32.8. The van der Waals surface area contributed by atoms with Crippen LogP contribution in [-0.4, -0.2) is 31.3 Å². The number of amides is 2. The summed E-state index contributed by atoms with van der Waals surface area (Å²) in [5, 5.41) is 3.35. The van der Waals surface area contributed by atoms with E-state index in [9.17, 15) is 9.59 Å². The molecule has 2 aliphatic heterocycles. The summed E-state index contributed by atoms with van der Waals surface area (Å²) in [7, 11) is -1.90. The first-order chi connectivity index (χ1) is 20.9. The number of carbonyl (C=O) groups is 2. The molecule has 5 rings (SSSR count). The van der Waals surface area contributed by atoms with Crippen LogP contribution in [0.25, 0.3) is 19.5 Å². The van der Waals surface area contributed by atoms with E-state index in [1.165, 1.54) is 109 Å². The van der Waals surface area contributed by atoms with Gasteiger partial charge in [0.25, 0.3) is 11.8 Å². The first-order valence-electron chi connectivity index (χ1n) is 17.1. The Bertz CT molecular complexity index is 1420. The van der Waals surface area contributed by atoms with Crippen molar-refractivity contribution in [2.75, 3.05) is 6.54 Å². The lowest BCUT2D eigenvalue weighted by Crippen LogP contribution is -2.54. The Balaban J connectivity index is 1.47. The van der Waals surface area contributed by atoms with Crippen LogP contribution in [0.4, 0.5) is 0 Å². The fourth-order valence-electron chi connectivity index (χ4n) is 7.38. The molecular formula is C36H51NO2S3Si. The van der Waals surface area contributed by atoms with Crippen molar-refractivity contribution in [2.24, 2.45) is 0 Å². The topological polar surface area (TPSA) is 37.4 Å². The summed E-state index contributed by atoms with van der Waals surface area (Å²) in [4.78, 5) is 36.6. The highest BCUT2D eigenvalue weighted by Gasteiger charge is 2.48. The van der Waals surface area contributed by atoms with Crippen molar-refractivity contribution in [2.45, 2.75) is 137 Å². The van der Waals surface area contributed by atoms with Crippen LogP contribution in [0.3, 0.4) is 0 Å². The Labute approximate surface area is 273 Å². The monoisotopic (exact) mass is 653 g/mol. The van der Waals surface area contributed by atoms with Crippen molar-refractivity contribution in [3.8, 4) is 19.5 Å². The average molecular weight is 654 g/mol. The Morgan fingerprint density at radius 3 is 1.79 bits per heavy atom. The molecule has 2 amide bonds. The lowest BCUT2D eigenvalue weighted by atomic mass is 10.1. The Morgan fingerprint density at radius 2 is 1.14 bits per heavy atom. The maximum atomic E-state index is 13.8. The van der Waals surface area contributed by atoms with E-state index in [0.29, 0.717) is 17.7 Å². The number of rotatable bonds is 18. The Morgan fingerprint density at radius 1 is 0.605 bits per heavy atom. The molecule has 0 spiro atoms. The van der Waals surface area contributed by atoms with Gasteiger partial charge in [-0.2, -0.15) is 0 Å². The molecule has 0 saturated carbocycles. The number of nitrogens with zero attached hydrogens (tertiary/aromatic N) is 1. The minimum atomic E-state index is -1.90. The van der Waals surface area contributed by atoms with E-state index in [-0.39, 0.29) is 11.8 Å². The van der Waals surface area contributed by atoms with Gasteiger partial charge in [-0.25, -0.2) is 0 Å². The van der Waals surface area contributed by atoms with Crippen LogP contribution in [0.15, 0.2) is 12.1 Å². The van der Waals surface area contributed by atoms with Gasteiger partial charge in [-0.1, -0.05) is 104 Å². The number of hydrogen-bond acceptors (Lipinski definition) is 5. The molecule has 0 N–H and O–H groups in total. The Kier molecular flexibility index (Phi) is 11.2. The maximum Gasteiger partial charge on any atom is 0.263 e. The summed E-state index contributed by atoms with van der Waals surface area (Å²) in [6.07, 6.45) is 17.4. The van der Waals surface area contributed by atoms with Crippen LogP contribution in [-0.2, 0) is 0 Å². The second-order valence-corrected chi connectivity index (χ2v) is 20.7. The van der Waals surface area contributed by atoms with Crippen molar-refractivity contribution in [3.63, 3.8) is 0 Å². The molecule has 2 aliphatic rings. The molecule has 0 saturated heterocycles. The molecule has 43 heavy (non-hydrogen) atoms. The number of thiophene rings is 3. The third kappa shape index (κ3) is 6.43. The van der Waals surface area contributed by atoms with Crippen LogP contribution < -0.4 is 10.4 Å². The van der Waals surface area contributed by atoms with Crippen molar-refractivity contribution < 1.29 is 9.59 Å². The zero-order valence-corrected chi connectivity index (χ0v) is 30.6. The average Bonchev–Trinajstić information content (AvgIpc) is 3.77. The third-order valence-electron chi connectivity index (χ3n) is 9.70. The van der Waals surface area contributed by atoms with Gasteiger partial charge in [0, 0.05) is 30.9 Å². The van der Waals surface area contributed by atoms with Gasteiger partial charge in [0.1, 0.15) is 8.07 Å². The first-order valence-corrected chi connectivity index (χ1v) is 22.0. The van der Waals surface area contributed by atoms with Gasteiger partial charge in [-0.05, 0) is 54.9 Å². The molecule has 7 heteroatoms. The minimum Gasteiger partial charge on any atom is -0.274 e. The molecule has 234 valence electrons. The van der Waals surface area contributed by atoms with Crippen LogP contribution in [0.2, 0.25) is 12.1 Å². The predicted octanol–water partition coefficient (Wildman–Crippen LogP) is 10.8. The fraction of sp³-hybridized carbons (Fsp3) is 0.611. The SMILES string of the molecule is CCCCCCCCN1C(=O)c2c(C)sc(-c3cc4c(s3)-c3sc(C)cc3[Si]4(CCCCCC)CCCCCC)c2C1=O. The van der Waals surface area contributed by atoms with E-state index in [0.717, 1.165) is 22.6 Å². The largest absolute Gasteiger partial charge is 0.274 e. The number of aryl methyl sites for hydroxylation is 2. The quantitative estimate of drug-likeness (QED) is 0.0778. The molecule has 0 fully saturated rings. The second-order valence-electron chi connectivity index (χ2n) is 12.9. The van der Waals surface area contributed by atoms with E-state index in [1.807, 2.05) is 29.6 Å². The zero-order valence-electron chi connectivity index (χ0n) is 27.2. The van der Waals surface area contributed by atoms with Gasteiger partial charge < -0.3 is 0 Å². The molecule has 0 atom stereocenters. The number of fused-ring (bicyclic) bond motifs is 4. The molecule has 0 unspecified atom stereocenters. The van der Waals surface area contributed by atoms with E-state index < -0.39 is 8.07 Å². The standard InChI is InChI=1S/C36H51NO2S3Si/c1-6-9-12-15-16-17-20-37-35(38)30-26(5)41-32(31(30)36(37)39)27-24-29-34(42-27)33-28(23-25(4)40-33)43(29,21-18-13-10-7-2)22-19-14-11-8-3/h23-24H,6-22H2,1-5H3. The number of carbonyl (C=O) groups excluding carboxylic acids is 2. The lowest BCUT2D eigenvalue weighted by Gasteiger charge is -2.29. The van der Waals surface area contributed by atoms with Gasteiger partial charge in [0.15, 0.2) is 0 Å². The third-order valence-corrected chi connectivity index (χ3v) is 19.0. The molecule has 0 aromatic carbocycles. The van der Waals surface area contributed by atoms with Gasteiger partial charge in [0.2, 0.25) is 0 Å². The summed E-state index contributed by atoms with van der Waals surface area (Å²) >= 11 is 5.56. The van der Waals surface area contributed by atoms with Gasteiger partial charge in [0.05, 0.1) is 16.0 Å². The number of unbranched alkanes of at least 4 members (excludes halogenated alkanes) is 11. The highest BCUT2D eigenvalue weighted by atomic mass is 32.1. The second kappa shape index (κ2) is 14.7. The van der Waals surface area contributed by atoms with Crippen molar-refractivity contribution in [1.29, 1.82) is 0 Å². The smallest absolute Gasteiger partial charge is 0.263 e. The van der Waals surface area contributed by atoms with Crippen LogP contribution in [0, 0.1) is 13.8 Å². The normalized spacial score (nSPS) is 15.0. The van der Waals surface area contributed by atoms with Gasteiger partial charge >= 0.3 is 0 Å². The van der Waals surface area contributed by atoms with Crippen LogP contribution in [0.1, 0.15) is 141 Å². The highest BCUT2D eigenvalue weighted by molar-refractivity contribution is 7.32. The molecule has 3 aromatic heterocycles. The van der Waals surface area contributed by atoms with E-state index in [2.05, 4.69) is 39.8 Å². The molecule has 3 nitrogen and oxygen atoms in total. The van der Waals surface area contributed by atoms with E-state index >= 15 is 0 Å². The van der Waals surface area contributed by atoms with Gasteiger partial charge in [-0.3, -0.25) is 14.5 Å². The van der Waals surface area contributed by atoms with Crippen LogP contribution in [0.5, 0.6) is 0 Å². The number of imide groups is 1. The zero-order chi connectivity index (χ0) is 30.6. The molecule has 3 aromatic rings. The summed E-state index contributed by atoms with van der Waals surface area (Å²) in [5.41, 5.74) is 1.37. The van der Waals surface area contributed by atoms with Crippen molar-refractivity contribution >= 4 is 64.3 Å². The van der Waals surface area contributed by atoms with E-state index in [1.54, 1.807) is 26.6 Å².